The average molecular weight is 281 g/mol. The molecule has 1 aromatic carbocycles. The van der Waals surface area contributed by atoms with E-state index in [1.54, 1.807) is 0 Å². The standard InChI is InChI=1S/C15H17ClO3/c1-15(2)8-11(10-6-4-5-7-13(10)16)12(9-19-15)14(17)18-3/h4-7H,8-9H2,1-3H3. The molecule has 0 unspecified atom stereocenters. The van der Waals surface area contributed by atoms with E-state index in [1.165, 1.54) is 7.11 Å². The molecule has 1 aromatic rings. The molecule has 0 spiro atoms. The van der Waals surface area contributed by atoms with E-state index in [0.29, 0.717) is 17.0 Å². The number of carbonyl (C=O) groups is 1. The molecular weight excluding hydrogens is 264 g/mol. The molecular formula is C15H17ClO3. The molecule has 4 heteroatoms. The molecule has 19 heavy (non-hydrogen) atoms. The molecule has 102 valence electrons. The molecule has 1 aliphatic rings. The Kier molecular flexibility index (Phi) is 3.97. The molecule has 0 radical (unpaired) electrons. The molecule has 3 nitrogen and oxygen atoms in total. The number of methoxy groups -OCH3 is 1. The number of rotatable bonds is 2. The maximum Gasteiger partial charge on any atom is 0.336 e. The van der Waals surface area contributed by atoms with Crippen molar-refractivity contribution in [1.82, 2.24) is 0 Å². The Morgan fingerprint density at radius 2 is 2.05 bits per heavy atom. The summed E-state index contributed by atoms with van der Waals surface area (Å²) in [6.07, 6.45) is 0.626. The summed E-state index contributed by atoms with van der Waals surface area (Å²) in [6.45, 7) is 4.25. The van der Waals surface area contributed by atoms with Crippen molar-refractivity contribution in [1.29, 1.82) is 0 Å². The second-order valence-electron chi connectivity index (χ2n) is 5.15. The van der Waals surface area contributed by atoms with Crippen LogP contribution in [0.4, 0.5) is 0 Å². The Morgan fingerprint density at radius 1 is 1.37 bits per heavy atom. The van der Waals surface area contributed by atoms with Crippen molar-refractivity contribution in [3.63, 3.8) is 0 Å². The number of hydrogen-bond donors (Lipinski definition) is 0. The Morgan fingerprint density at radius 3 is 2.68 bits per heavy atom. The van der Waals surface area contributed by atoms with E-state index < -0.39 is 0 Å². The summed E-state index contributed by atoms with van der Waals surface area (Å²) in [7, 11) is 1.37. The van der Waals surface area contributed by atoms with Gasteiger partial charge in [-0.25, -0.2) is 4.79 Å². The smallest absolute Gasteiger partial charge is 0.336 e. The zero-order valence-electron chi connectivity index (χ0n) is 11.3. The zero-order valence-corrected chi connectivity index (χ0v) is 12.1. The fourth-order valence-corrected chi connectivity index (χ4v) is 2.46. The molecule has 1 heterocycles. The minimum atomic E-state index is -0.356. The van der Waals surface area contributed by atoms with Crippen molar-refractivity contribution in [2.45, 2.75) is 25.9 Å². The second kappa shape index (κ2) is 5.35. The summed E-state index contributed by atoms with van der Waals surface area (Å²) in [6, 6.07) is 7.52. The highest BCUT2D eigenvalue weighted by Gasteiger charge is 2.32. The van der Waals surface area contributed by atoms with Crippen LogP contribution in [-0.2, 0) is 14.3 Å². The predicted octanol–water partition coefficient (Wildman–Crippen LogP) is 3.47. The van der Waals surface area contributed by atoms with E-state index in [1.807, 2.05) is 38.1 Å². The monoisotopic (exact) mass is 280 g/mol. The fraction of sp³-hybridized carbons (Fsp3) is 0.400. The number of benzene rings is 1. The molecule has 1 aliphatic heterocycles. The number of ether oxygens (including phenoxy) is 2. The van der Waals surface area contributed by atoms with Gasteiger partial charge in [0.2, 0.25) is 0 Å². The molecule has 2 rings (SSSR count). The Bertz CT molecular complexity index is 532. The van der Waals surface area contributed by atoms with Crippen LogP contribution in [0, 0.1) is 0 Å². The lowest BCUT2D eigenvalue weighted by Crippen LogP contribution is -2.32. The van der Waals surface area contributed by atoms with Gasteiger partial charge >= 0.3 is 5.97 Å². The molecule has 0 fully saturated rings. The summed E-state index contributed by atoms with van der Waals surface area (Å²) in [4.78, 5) is 11.9. The normalized spacial score (nSPS) is 18.3. The van der Waals surface area contributed by atoms with Crippen LogP contribution in [-0.4, -0.2) is 25.3 Å². The summed E-state index contributed by atoms with van der Waals surface area (Å²) in [5, 5.41) is 0.636. The first-order chi connectivity index (χ1) is 8.94. The van der Waals surface area contributed by atoms with Gasteiger partial charge in [-0.3, -0.25) is 0 Å². The van der Waals surface area contributed by atoms with Crippen molar-refractivity contribution in [3.8, 4) is 0 Å². The molecule has 0 amide bonds. The van der Waals surface area contributed by atoms with Gasteiger partial charge in [-0.15, -0.1) is 0 Å². The van der Waals surface area contributed by atoms with Crippen LogP contribution in [0.2, 0.25) is 5.02 Å². The van der Waals surface area contributed by atoms with E-state index in [9.17, 15) is 4.79 Å². The minimum absolute atomic E-state index is 0.250. The van der Waals surface area contributed by atoms with Gasteiger partial charge in [-0.1, -0.05) is 29.8 Å². The lowest BCUT2D eigenvalue weighted by molar-refractivity contribution is -0.137. The van der Waals surface area contributed by atoms with E-state index in [2.05, 4.69) is 0 Å². The fourth-order valence-electron chi connectivity index (χ4n) is 2.21. The molecule has 0 aromatic heterocycles. The Hall–Kier alpha value is -1.32. The molecule has 0 atom stereocenters. The molecule has 0 bridgehead atoms. The van der Waals surface area contributed by atoms with Gasteiger partial charge in [-0.2, -0.15) is 0 Å². The van der Waals surface area contributed by atoms with Crippen molar-refractivity contribution in [2.75, 3.05) is 13.7 Å². The SMILES string of the molecule is COC(=O)C1=C(c2ccccc2Cl)CC(C)(C)OC1. The quantitative estimate of drug-likeness (QED) is 0.778. The number of carbonyl (C=O) groups excluding carboxylic acids is 1. The van der Waals surface area contributed by atoms with Crippen molar-refractivity contribution >= 4 is 23.1 Å². The van der Waals surface area contributed by atoms with E-state index >= 15 is 0 Å². The number of esters is 1. The Labute approximate surface area is 118 Å². The van der Waals surface area contributed by atoms with Crippen molar-refractivity contribution in [3.05, 3.63) is 40.4 Å². The molecule has 0 N–H and O–H groups in total. The first-order valence-electron chi connectivity index (χ1n) is 6.14. The highest BCUT2D eigenvalue weighted by atomic mass is 35.5. The second-order valence-corrected chi connectivity index (χ2v) is 5.56. The van der Waals surface area contributed by atoms with Crippen LogP contribution in [0.1, 0.15) is 25.8 Å². The topological polar surface area (TPSA) is 35.5 Å². The Balaban J connectivity index is 2.54. The molecule has 0 saturated heterocycles. The van der Waals surface area contributed by atoms with Gasteiger partial charge in [0, 0.05) is 11.4 Å². The van der Waals surface area contributed by atoms with Gasteiger partial charge in [-0.05, 0) is 31.1 Å². The zero-order chi connectivity index (χ0) is 14.0. The summed E-state index contributed by atoms with van der Waals surface area (Å²) >= 11 is 6.24. The van der Waals surface area contributed by atoms with Gasteiger partial charge in [0.25, 0.3) is 0 Å². The van der Waals surface area contributed by atoms with Crippen LogP contribution < -0.4 is 0 Å². The van der Waals surface area contributed by atoms with Crippen LogP contribution in [0.3, 0.4) is 0 Å². The maximum absolute atomic E-state index is 11.9. The van der Waals surface area contributed by atoms with Crippen LogP contribution in [0.15, 0.2) is 29.8 Å². The summed E-state index contributed by atoms with van der Waals surface area (Å²) in [5.41, 5.74) is 2.02. The maximum atomic E-state index is 11.9. The lowest BCUT2D eigenvalue weighted by atomic mass is 9.87. The van der Waals surface area contributed by atoms with Crippen molar-refractivity contribution < 1.29 is 14.3 Å². The highest BCUT2D eigenvalue weighted by Crippen LogP contribution is 2.37. The molecule has 0 aliphatic carbocycles. The highest BCUT2D eigenvalue weighted by molar-refractivity contribution is 6.32. The van der Waals surface area contributed by atoms with Gasteiger partial charge in [0.15, 0.2) is 0 Å². The summed E-state index contributed by atoms with van der Waals surface area (Å²) < 4.78 is 10.5. The predicted molar refractivity (Wildman–Crippen MR) is 75.0 cm³/mol. The van der Waals surface area contributed by atoms with Crippen LogP contribution in [0.25, 0.3) is 5.57 Å². The van der Waals surface area contributed by atoms with E-state index in [4.69, 9.17) is 21.1 Å². The first-order valence-corrected chi connectivity index (χ1v) is 6.51. The minimum Gasteiger partial charge on any atom is -0.466 e. The molecule has 0 saturated carbocycles. The third-order valence-electron chi connectivity index (χ3n) is 3.20. The van der Waals surface area contributed by atoms with Crippen molar-refractivity contribution in [2.24, 2.45) is 0 Å². The largest absolute Gasteiger partial charge is 0.466 e. The third kappa shape index (κ3) is 2.99. The van der Waals surface area contributed by atoms with Gasteiger partial charge in [0.1, 0.15) is 0 Å². The summed E-state index contributed by atoms with van der Waals surface area (Å²) in [5.74, 6) is -0.356. The first kappa shape index (κ1) is 14.1. The van der Waals surface area contributed by atoms with E-state index in [0.717, 1.165) is 11.1 Å². The lowest BCUT2D eigenvalue weighted by Gasteiger charge is -2.33. The number of hydrogen-bond acceptors (Lipinski definition) is 3. The third-order valence-corrected chi connectivity index (χ3v) is 3.53. The van der Waals surface area contributed by atoms with Crippen LogP contribution >= 0.6 is 11.6 Å². The van der Waals surface area contributed by atoms with E-state index in [-0.39, 0.29) is 18.2 Å². The van der Waals surface area contributed by atoms with Crippen LogP contribution in [0.5, 0.6) is 0 Å². The number of halogens is 1. The van der Waals surface area contributed by atoms with Gasteiger partial charge in [0.05, 0.1) is 24.9 Å². The van der Waals surface area contributed by atoms with Gasteiger partial charge < -0.3 is 9.47 Å². The average Bonchev–Trinajstić information content (AvgIpc) is 2.37.